The fraction of sp³-hybridized carbons (Fsp3) is 0.375. The maximum absolute atomic E-state index is 11.9. The normalized spacial score (nSPS) is 11.2. The van der Waals surface area contributed by atoms with Crippen molar-refractivity contribution in [3.8, 4) is 0 Å². The van der Waals surface area contributed by atoms with Gasteiger partial charge in [0.15, 0.2) is 0 Å². The summed E-state index contributed by atoms with van der Waals surface area (Å²) in [4.78, 5) is 26.1. The van der Waals surface area contributed by atoms with E-state index in [9.17, 15) is 14.9 Å². The van der Waals surface area contributed by atoms with Crippen molar-refractivity contribution in [2.75, 3.05) is 5.32 Å². The Balaban J connectivity index is 2.20. The van der Waals surface area contributed by atoms with Crippen molar-refractivity contribution < 1.29 is 14.5 Å². The van der Waals surface area contributed by atoms with Crippen LogP contribution in [0.4, 0.5) is 16.4 Å². The molecule has 0 fully saturated rings. The molecule has 0 atom stereocenters. The van der Waals surface area contributed by atoms with Gasteiger partial charge in [0.05, 0.1) is 6.54 Å². The zero-order valence-corrected chi connectivity index (χ0v) is 14.1. The third-order valence-electron chi connectivity index (χ3n) is 3.28. The number of carbonyl (C=O) groups excluding carboxylic acids is 1. The second kappa shape index (κ2) is 6.69. The van der Waals surface area contributed by atoms with Crippen LogP contribution in [0.1, 0.15) is 31.9 Å². The molecule has 0 spiro atoms. The smallest absolute Gasteiger partial charge is 0.434 e. The summed E-state index contributed by atoms with van der Waals surface area (Å²) in [6.45, 7) is 7.48. The number of anilines is 1. The average Bonchev–Trinajstić information content (AvgIpc) is 2.89. The Hall–Kier alpha value is -2.90. The van der Waals surface area contributed by atoms with Crippen LogP contribution in [-0.2, 0) is 11.3 Å². The number of nitrogens with one attached hydrogen (secondary N) is 1. The molecular formula is C16H20N4O4. The molecule has 8 nitrogen and oxygen atoms in total. The first-order valence-electron chi connectivity index (χ1n) is 7.41. The van der Waals surface area contributed by atoms with Gasteiger partial charge in [-0.2, -0.15) is 0 Å². The number of nitro groups is 1. The molecule has 1 aromatic carbocycles. The number of hydrogen-bond acceptors (Lipinski definition) is 5. The lowest BCUT2D eigenvalue weighted by Crippen LogP contribution is -2.27. The van der Waals surface area contributed by atoms with Gasteiger partial charge in [0.2, 0.25) is 0 Å². The molecule has 1 amide bonds. The zero-order chi connectivity index (χ0) is 17.9. The van der Waals surface area contributed by atoms with Gasteiger partial charge in [-0.05, 0) is 49.8 Å². The van der Waals surface area contributed by atoms with Crippen LogP contribution in [0.5, 0.6) is 0 Å². The van der Waals surface area contributed by atoms with E-state index >= 15 is 0 Å². The monoisotopic (exact) mass is 332 g/mol. The summed E-state index contributed by atoms with van der Waals surface area (Å²) in [5, 5.41) is 13.7. The Morgan fingerprint density at radius 3 is 2.75 bits per heavy atom. The van der Waals surface area contributed by atoms with Gasteiger partial charge in [0.1, 0.15) is 18.0 Å². The second-order valence-corrected chi connectivity index (χ2v) is 6.33. The van der Waals surface area contributed by atoms with E-state index in [1.165, 1.54) is 10.8 Å². The molecular weight excluding hydrogens is 312 g/mol. The standard InChI is InChI=1S/C16H20N4O4/c1-11-12(10-19-9-8-17-14(19)20(22)23)6-5-7-13(11)18-15(21)24-16(2,3)4/h5-9H,10H2,1-4H3,(H,18,21). The predicted octanol–water partition coefficient (Wildman–Crippen LogP) is 3.50. The molecule has 1 N–H and O–H groups in total. The Labute approximate surface area is 139 Å². The highest BCUT2D eigenvalue weighted by Gasteiger charge is 2.19. The van der Waals surface area contributed by atoms with E-state index in [0.29, 0.717) is 5.69 Å². The quantitative estimate of drug-likeness (QED) is 0.682. The Morgan fingerprint density at radius 1 is 1.42 bits per heavy atom. The fourth-order valence-electron chi connectivity index (χ4n) is 2.18. The summed E-state index contributed by atoms with van der Waals surface area (Å²) in [5.74, 6) is -0.222. The number of rotatable bonds is 4. The van der Waals surface area contributed by atoms with Crippen LogP contribution in [0.3, 0.4) is 0 Å². The molecule has 0 aliphatic carbocycles. The minimum atomic E-state index is -0.590. The van der Waals surface area contributed by atoms with Crippen LogP contribution in [0, 0.1) is 17.0 Å². The number of hydrogen-bond donors (Lipinski definition) is 1. The predicted molar refractivity (Wildman–Crippen MR) is 89.0 cm³/mol. The highest BCUT2D eigenvalue weighted by atomic mass is 16.6. The molecule has 1 aromatic heterocycles. The lowest BCUT2D eigenvalue weighted by Gasteiger charge is -2.20. The summed E-state index contributed by atoms with van der Waals surface area (Å²) >= 11 is 0. The summed E-state index contributed by atoms with van der Waals surface area (Å²) in [6, 6.07) is 5.38. The Bertz CT molecular complexity index is 762. The van der Waals surface area contributed by atoms with Gasteiger partial charge >= 0.3 is 12.0 Å². The molecule has 24 heavy (non-hydrogen) atoms. The first-order chi connectivity index (χ1) is 11.2. The summed E-state index contributed by atoms with van der Waals surface area (Å²) in [7, 11) is 0. The van der Waals surface area contributed by atoms with Crippen molar-refractivity contribution in [1.82, 2.24) is 9.55 Å². The van der Waals surface area contributed by atoms with Crippen molar-refractivity contribution in [2.45, 2.75) is 39.8 Å². The van der Waals surface area contributed by atoms with Crippen molar-refractivity contribution in [3.63, 3.8) is 0 Å². The second-order valence-electron chi connectivity index (χ2n) is 6.33. The number of imidazole rings is 1. The lowest BCUT2D eigenvalue weighted by molar-refractivity contribution is -0.396. The Morgan fingerprint density at radius 2 is 2.12 bits per heavy atom. The van der Waals surface area contributed by atoms with E-state index < -0.39 is 16.6 Å². The maximum atomic E-state index is 11.9. The van der Waals surface area contributed by atoms with Crippen molar-refractivity contribution in [3.05, 3.63) is 51.8 Å². The van der Waals surface area contributed by atoms with Gasteiger partial charge in [0.25, 0.3) is 0 Å². The largest absolute Gasteiger partial charge is 0.444 e. The zero-order valence-electron chi connectivity index (χ0n) is 14.1. The first-order valence-corrected chi connectivity index (χ1v) is 7.41. The van der Waals surface area contributed by atoms with E-state index in [-0.39, 0.29) is 12.5 Å². The molecule has 0 saturated heterocycles. The first kappa shape index (κ1) is 17.5. The average molecular weight is 332 g/mol. The number of carbonyl (C=O) groups is 1. The van der Waals surface area contributed by atoms with Gasteiger partial charge in [-0.1, -0.05) is 17.1 Å². The molecule has 1 heterocycles. The van der Waals surface area contributed by atoms with Crippen LogP contribution in [0.15, 0.2) is 30.6 Å². The van der Waals surface area contributed by atoms with Crippen molar-refractivity contribution >= 4 is 17.7 Å². The van der Waals surface area contributed by atoms with Gasteiger partial charge in [-0.3, -0.25) is 5.32 Å². The lowest BCUT2D eigenvalue weighted by atomic mass is 10.1. The van der Waals surface area contributed by atoms with Crippen molar-refractivity contribution in [2.24, 2.45) is 0 Å². The maximum Gasteiger partial charge on any atom is 0.434 e. The highest BCUT2D eigenvalue weighted by molar-refractivity contribution is 5.86. The van der Waals surface area contributed by atoms with Crippen LogP contribution in [0.2, 0.25) is 0 Å². The third-order valence-corrected chi connectivity index (χ3v) is 3.28. The number of nitrogens with zero attached hydrogens (tertiary/aromatic N) is 3. The summed E-state index contributed by atoms with van der Waals surface area (Å²) < 4.78 is 6.68. The Kier molecular flexibility index (Phi) is 4.87. The minimum absolute atomic E-state index is 0.222. The van der Waals surface area contributed by atoms with Crippen LogP contribution in [-0.4, -0.2) is 26.2 Å². The van der Waals surface area contributed by atoms with Crippen LogP contribution in [0.25, 0.3) is 0 Å². The SMILES string of the molecule is Cc1c(Cn2ccnc2[N+](=O)[O-])cccc1NC(=O)OC(C)(C)C. The van der Waals surface area contributed by atoms with E-state index in [4.69, 9.17) is 4.74 Å². The fourth-order valence-corrected chi connectivity index (χ4v) is 2.18. The molecule has 128 valence electrons. The van der Waals surface area contributed by atoms with Crippen LogP contribution >= 0.6 is 0 Å². The van der Waals surface area contributed by atoms with Crippen molar-refractivity contribution in [1.29, 1.82) is 0 Å². The molecule has 2 aromatic rings. The molecule has 0 aliphatic rings. The third kappa shape index (κ3) is 4.31. The summed E-state index contributed by atoms with van der Waals surface area (Å²) in [6.07, 6.45) is 2.39. The minimum Gasteiger partial charge on any atom is -0.444 e. The van der Waals surface area contributed by atoms with E-state index in [1.807, 2.05) is 13.0 Å². The molecule has 0 bridgehead atoms. The molecule has 0 unspecified atom stereocenters. The van der Waals surface area contributed by atoms with E-state index in [0.717, 1.165) is 11.1 Å². The van der Waals surface area contributed by atoms with Gasteiger partial charge in [0, 0.05) is 5.69 Å². The topological polar surface area (TPSA) is 99.3 Å². The van der Waals surface area contributed by atoms with Crippen LogP contribution < -0.4 is 5.32 Å². The summed E-state index contributed by atoms with van der Waals surface area (Å²) in [5.41, 5.74) is 1.66. The molecule has 0 aliphatic heterocycles. The number of aromatic nitrogens is 2. The molecule has 8 heteroatoms. The molecule has 2 rings (SSSR count). The highest BCUT2D eigenvalue weighted by Crippen LogP contribution is 2.22. The molecule has 0 saturated carbocycles. The molecule has 0 radical (unpaired) electrons. The number of ether oxygens (including phenoxy) is 1. The van der Waals surface area contributed by atoms with Gasteiger partial charge in [-0.15, -0.1) is 0 Å². The number of benzene rings is 1. The van der Waals surface area contributed by atoms with Gasteiger partial charge in [-0.25, -0.2) is 9.36 Å². The number of amides is 1. The van der Waals surface area contributed by atoms with E-state index in [1.54, 1.807) is 39.1 Å². The van der Waals surface area contributed by atoms with Gasteiger partial charge < -0.3 is 14.9 Å². The van der Waals surface area contributed by atoms with E-state index in [2.05, 4.69) is 10.3 Å².